The summed E-state index contributed by atoms with van der Waals surface area (Å²) >= 11 is 5.84. The van der Waals surface area contributed by atoms with Gasteiger partial charge in [-0.2, -0.15) is 0 Å². The number of methoxy groups -OCH3 is 1. The molecule has 0 spiro atoms. The predicted molar refractivity (Wildman–Crippen MR) is 137 cm³/mol. The molecule has 0 radical (unpaired) electrons. The molecule has 1 saturated heterocycles. The van der Waals surface area contributed by atoms with E-state index in [2.05, 4.69) is 43.5 Å². The van der Waals surface area contributed by atoms with Crippen molar-refractivity contribution in [3.05, 3.63) is 72.3 Å². The van der Waals surface area contributed by atoms with Gasteiger partial charge in [0.2, 0.25) is 5.91 Å². The Bertz CT molecular complexity index is 1190. The van der Waals surface area contributed by atoms with Gasteiger partial charge < -0.3 is 24.8 Å². The standard InChI is InChI=1S/C26H29N5O2S/c1-17(32)28-22-15-20(10-11-23(22)33-2)31-25(18-12-14-30(16-18)19-7-3-4-8-19)24(29-26(31)34)21-9-5-6-13-27-21/h5-6,9-16,19,24-25H,3-4,7-8H2,1-2H3,(H,28,32)(H,29,34)/t24-,25+/m1/s1. The predicted octanol–water partition coefficient (Wildman–Crippen LogP) is 5.14. The topological polar surface area (TPSA) is 71.4 Å². The number of aromatic nitrogens is 2. The maximum Gasteiger partial charge on any atom is 0.221 e. The number of ether oxygens (including phenoxy) is 1. The Morgan fingerprint density at radius 2 is 2.03 bits per heavy atom. The molecule has 0 bridgehead atoms. The summed E-state index contributed by atoms with van der Waals surface area (Å²) in [7, 11) is 1.59. The Balaban J connectivity index is 1.57. The van der Waals surface area contributed by atoms with E-state index in [0.29, 0.717) is 22.6 Å². The second-order valence-corrected chi connectivity index (χ2v) is 9.28. The van der Waals surface area contributed by atoms with Gasteiger partial charge in [-0.1, -0.05) is 18.9 Å². The van der Waals surface area contributed by atoms with Crippen molar-refractivity contribution in [1.29, 1.82) is 0 Å². The Labute approximate surface area is 205 Å². The first-order chi connectivity index (χ1) is 16.5. The molecule has 2 aromatic heterocycles. The molecule has 0 unspecified atom stereocenters. The number of thiocarbonyl (C=S) groups is 1. The molecule has 2 fully saturated rings. The van der Waals surface area contributed by atoms with Gasteiger partial charge in [0.25, 0.3) is 0 Å². The van der Waals surface area contributed by atoms with Crippen molar-refractivity contribution < 1.29 is 9.53 Å². The molecule has 1 aromatic carbocycles. The van der Waals surface area contributed by atoms with E-state index in [0.717, 1.165) is 11.4 Å². The van der Waals surface area contributed by atoms with Gasteiger partial charge >= 0.3 is 0 Å². The lowest BCUT2D eigenvalue weighted by atomic mass is 9.98. The quantitative estimate of drug-likeness (QED) is 0.481. The molecule has 2 atom stereocenters. The van der Waals surface area contributed by atoms with Gasteiger partial charge in [0.1, 0.15) is 5.75 Å². The monoisotopic (exact) mass is 475 g/mol. The molecule has 34 heavy (non-hydrogen) atoms. The van der Waals surface area contributed by atoms with E-state index >= 15 is 0 Å². The Hall–Kier alpha value is -3.39. The summed E-state index contributed by atoms with van der Waals surface area (Å²) < 4.78 is 7.81. The minimum absolute atomic E-state index is 0.0939. The summed E-state index contributed by atoms with van der Waals surface area (Å²) in [6.45, 7) is 1.49. The van der Waals surface area contributed by atoms with E-state index in [1.165, 1.54) is 38.2 Å². The van der Waals surface area contributed by atoms with E-state index in [1.54, 1.807) is 7.11 Å². The van der Waals surface area contributed by atoms with Crippen molar-refractivity contribution in [2.75, 3.05) is 17.3 Å². The zero-order valence-corrected chi connectivity index (χ0v) is 20.2. The maximum absolute atomic E-state index is 11.8. The van der Waals surface area contributed by atoms with Gasteiger partial charge in [0.15, 0.2) is 5.11 Å². The molecule has 2 N–H and O–H groups in total. The van der Waals surface area contributed by atoms with Crippen molar-refractivity contribution in [2.24, 2.45) is 0 Å². The number of amides is 1. The Morgan fingerprint density at radius 1 is 1.21 bits per heavy atom. The lowest BCUT2D eigenvalue weighted by Crippen LogP contribution is -2.29. The number of hydrogen-bond acceptors (Lipinski definition) is 4. The van der Waals surface area contributed by atoms with E-state index < -0.39 is 0 Å². The third-order valence-electron chi connectivity index (χ3n) is 6.70. The highest BCUT2D eigenvalue weighted by atomic mass is 32.1. The van der Waals surface area contributed by atoms with Gasteiger partial charge in [-0.3, -0.25) is 9.78 Å². The molecule has 3 heterocycles. The Morgan fingerprint density at radius 3 is 2.74 bits per heavy atom. The number of rotatable bonds is 6. The maximum atomic E-state index is 11.8. The first-order valence-corrected chi connectivity index (χ1v) is 12.1. The molecular formula is C26H29N5O2S. The van der Waals surface area contributed by atoms with Gasteiger partial charge in [-0.25, -0.2) is 0 Å². The molecule has 3 aromatic rings. The van der Waals surface area contributed by atoms with Crippen molar-refractivity contribution >= 4 is 34.6 Å². The van der Waals surface area contributed by atoms with Crippen molar-refractivity contribution in [3.63, 3.8) is 0 Å². The molecule has 1 aliphatic heterocycles. The van der Waals surface area contributed by atoms with Crippen LogP contribution in [-0.4, -0.2) is 27.7 Å². The fourth-order valence-electron chi connectivity index (χ4n) is 5.14. The number of nitrogens with zero attached hydrogens (tertiary/aromatic N) is 3. The van der Waals surface area contributed by atoms with E-state index in [4.69, 9.17) is 17.0 Å². The van der Waals surface area contributed by atoms with Crippen molar-refractivity contribution in [3.8, 4) is 5.75 Å². The minimum Gasteiger partial charge on any atom is -0.495 e. The van der Waals surface area contributed by atoms with E-state index in [9.17, 15) is 4.79 Å². The summed E-state index contributed by atoms with van der Waals surface area (Å²) in [4.78, 5) is 18.6. The van der Waals surface area contributed by atoms with E-state index in [1.807, 2.05) is 42.6 Å². The first-order valence-electron chi connectivity index (χ1n) is 11.7. The summed E-state index contributed by atoms with van der Waals surface area (Å²) in [5, 5.41) is 6.99. The van der Waals surface area contributed by atoms with Crippen LogP contribution >= 0.6 is 12.2 Å². The van der Waals surface area contributed by atoms with Gasteiger partial charge in [0, 0.05) is 37.2 Å². The highest BCUT2D eigenvalue weighted by molar-refractivity contribution is 7.80. The number of hydrogen-bond donors (Lipinski definition) is 2. The normalized spacial score (nSPS) is 20.4. The highest BCUT2D eigenvalue weighted by Gasteiger charge is 2.41. The molecular weight excluding hydrogens is 446 g/mol. The van der Waals surface area contributed by atoms with Crippen molar-refractivity contribution in [1.82, 2.24) is 14.9 Å². The average molecular weight is 476 g/mol. The number of benzene rings is 1. The van der Waals surface area contributed by atoms with Gasteiger partial charge in [-0.15, -0.1) is 0 Å². The zero-order valence-electron chi connectivity index (χ0n) is 19.4. The second-order valence-electron chi connectivity index (χ2n) is 8.89. The third kappa shape index (κ3) is 4.25. The molecule has 7 nitrogen and oxygen atoms in total. The number of carbonyl (C=O) groups is 1. The molecule has 5 rings (SSSR count). The molecule has 1 aliphatic carbocycles. The number of nitrogens with one attached hydrogen (secondary N) is 2. The van der Waals surface area contributed by atoms with Crippen LogP contribution in [0.4, 0.5) is 11.4 Å². The summed E-state index contributed by atoms with van der Waals surface area (Å²) in [6.07, 6.45) is 11.3. The zero-order chi connectivity index (χ0) is 23.7. The van der Waals surface area contributed by atoms with Crippen LogP contribution in [0.3, 0.4) is 0 Å². The van der Waals surface area contributed by atoms with Crippen LogP contribution in [0.5, 0.6) is 5.75 Å². The summed E-state index contributed by atoms with van der Waals surface area (Å²) in [5.41, 5.74) is 3.59. The summed E-state index contributed by atoms with van der Waals surface area (Å²) in [6, 6.07) is 14.2. The number of carbonyl (C=O) groups excluding carboxylic acids is 1. The smallest absolute Gasteiger partial charge is 0.221 e. The van der Waals surface area contributed by atoms with E-state index in [-0.39, 0.29) is 18.0 Å². The van der Waals surface area contributed by atoms with Crippen LogP contribution in [0, 0.1) is 0 Å². The number of anilines is 2. The number of pyridine rings is 1. The largest absolute Gasteiger partial charge is 0.495 e. The molecule has 2 aliphatic rings. The van der Waals surface area contributed by atoms with Crippen LogP contribution < -0.4 is 20.3 Å². The summed E-state index contributed by atoms with van der Waals surface area (Å²) in [5.74, 6) is 0.441. The SMILES string of the molecule is COc1ccc(N2C(=S)N[C@H](c3ccccn3)[C@@H]2c2ccn(C3CCCC3)c2)cc1NC(C)=O. The fraction of sp³-hybridized carbons (Fsp3) is 0.346. The minimum atomic E-state index is -0.158. The van der Waals surface area contributed by atoms with Crippen LogP contribution in [0.25, 0.3) is 0 Å². The molecule has 8 heteroatoms. The van der Waals surface area contributed by atoms with Crippen LogP contribution in [0.1, 0.15) is 62.0 Å². The van der Waals surface area contributed by atoms with Crippen LogP contribution in [0.15, 0.2) is 61.1 Å². The second kappa shape index (κ2) is 9.46. The Kier molecular flexibility index (Phi) is 6.24. The average Bonchev–Trinajstić information content (AvgIpc) is 3.59. The van der Waals surface area contributed by atoms with Crippen molar-refractivity contribution in [2.45, 2.75) is 50.7 Å². The lowest BCUT2D eigenvalue weighted by molar-refractivity contribution is -0.114. The molecule has 1 amide bonds. The molecule has 1 saturated carbocycles. The van der Waals surface area contributed by atoms with Gasteiger partial charge in [0.05, 0.1) is 30.6 Å². The fourth-order valence-corrected chi connectivity index (χ4v) is 5.49. The highest BCUT2D eigenvalue weighted by Crippen LogP contribution is 2.44. The third-order valence-corrected chi connectivity index (χ3v) is 7.01. The van der Waals surface area contributed by atoms with Crippen LogP contribution in [-0.2, 0) is 4.79 Å². The van der Waals surface area contributed by atoms with Gasteiger partial charge in [-0.05, 0) is 67.0 Å². The lowest BCUT2D eigenvalue weighted by Gasteiger charge is -2.28. The molecule has 176 valence electrons. The first kappa shape index (κ1) is 22.4. The van der Waals surface area contributed by atoms with Crippen LogP contribution in [0.2, 0.25) is 0 Å².